The fourth-order valence-corrected chi connectivity index (χ4v) is 3.67. The van der Waals surface area contributed by atoms with Crippen LogP contribution in [0.3, 0.4) is 0 Å². The highest BCUT2D eigenvalue weighted by Crippen LogP contribution is 2.41. The molecule has 3 aromatic carbocycles. The highest BCUT2D eigenvalue weighted by molar-refractivity contribution is 6.04. The van der Waals surface area contributed by atoms with Crippen LogP contribution in [0.25, 0.3) is 33.0 Å². The van der Waals surface area contributed by atoms with Gasteiger partial charge >= 0.3 is 0 Å². The van der Waals surface area contributed by atoms with Gasteiger partial charge in [-0.3, -0.25) is 4.98 Å². The summed E-state index contributed by atoms with van der Waals surface area (Å²) in [6.45, 7) is 0. The summed E-state index contributed by atoms with van der Waals surface area (Å²) in [7, 11) is 0. The largest absolute Gasteiger partial charge is 0.260 e. The predicted octanol–water partition coefficient (Wildman–Crippen LogP) is 5.47. The average molecular weight is 293 g/mol. The summed E-state index contributed by atoms with van der Waals surface area (Å²) in [4.78, 5) is 4.61. The van der Waals surface area contributed by atoms with Crippen LogP contribution < -0.4 is 0 Å². The fourth-order valence-electron chi connectivity index (χ4n) is 3.67. The van der Waals surface area contributed by atoms with Gasteiger partial charge in [-0.1, -0.05) is 54.6 Å². The molecule has 0 saturated carbocycles. The van der Waals surface area contributed by atoms with Gasteiger partial charge in [-0.15, -0.1) is 0 Å². The average Bonchev–Trinajstić information content (AvgIpc) is 2.62. The zero-order valence-electron chi connectivity index (χ0n) is 12.7. The molecule has 108 valence electrons. The number of aromatic nitrogens is 1. The maximum Gasteiger partial charge on any atom is 0.0526 e. The van der Waals surface area contributed by atoms with Crippen LogP contribution in [0.2, 0.25) is 0 Å². The monoisotopic (exact) mass is 293 g/mol. The lowest BCUT2D eigenvalue weighted by Gasteiger charge is -2.21. The molecule has 0 aliphatic heterocycles. The van der Waals surface area contributed by atoms with Crippen molar-refractivity contribution >= 4 is 10.8 Å². The highest BCUT2D eigenvalue weighted by atomic mass is 14.7. The molecule has 0 spiro atoms. The minimum Gasteiger partial charge on any atom is -0.260 e. The lowest BCUT2D eigenvalue weighted by molar-refractivity contribution is 1.08. The van der Waals surface area contributed by atoms with E-state index in [-0.39, 0.29) is 0 Å². The minimum atomic E-state index is 0.922. The summed E-state index contributed by atoms with van der Waals surface area (Å²) < 4.78 is 0. The van der Waals surface area contributed by atoms with Gasteiger partial charge in [-0.25, -0.2) is 0 Å². The van der Waals surface area contributed by atoms with Crippen molar-refractivity contribution in [1.82, 2.24) is 4.98 Å². The molecule has 5 rings (SSSR count). The minimum absolute atomic E-state index is 0.922. The van der Waals surface area contributed by atoms with E-state index in [1.807, 2.05) is 12.3 Å². The molecule has 0 N–H and O–H groups in total. The van der Waals surface area contributed by atoms with Crippen LogP contribution in [0.4, 0.5) is 0 Å². The zero-order valence-corrected chi connectivity index (χ0v) is 12.7. The quantitative estimate of drug-likeness (QED) is 0.399. The maximum atomic E-state index is 4.61. The second-order valence-corrected chi connectivity index (χ2v) is 6.08. The Hall–Kier alpha value is -2.93. The molecule has 1 aliphatic rings. The Bertz CT molecular complexity index is 1030. The molecule has 0 unspecified atom stereocenters. The molecule has 1 nitrogen and oxygen atoms in total. The Morgan fingerprint density at radius 2 is 1.61 bits per heavy atom. The van der Waals surface area contributed by atoms with Crippen LogP contribution in [-0.4, -0.2) is 4.98 Å². The van der Waals surface area contributed by atoms with E-state index in [4.69, 9.17) is 0 Å². The first-order chi connectivity index (χ1) is 11.4. The van der Waals surface area contributed by atoms with Gasteiger partial charge < -0.3 is 0 Å². The number of benzene rings is 3. The summed E-state index contributed by atoms with van der Waals surface area (Å²) >= 11 is 0. The summed E-state index contributed by atoms with van der Waals surface area (Å²) in [5.74, 6) is 0. The van der Waals surface area contributed by atoms with Crippen molar-refractivity contribution in [2.45, 2.75) is 6.42 Å². The standard InChI is InChI=1S/C22H15N/c1-2-6-15(7-3-1)18-12-16-8-4-9-17-14-21-19(10-5-11-23-21)20(13-18)22(16)17/h1-13H,14H2. The second-order valence-electron chi connectivity index (χ2n) is 6.08. The fraction of sp³-hybridized carbons (Fsp3) is 0.0455. The van der Waals surface area contributed by atoms with E-state index in [1.165, 1.54) is 44.3 Å². The Labute approximate surface area is 135 Å². The predicted molar refractivity (Wildman–Crippen MR) is 95.4 cm³/mol. The van der Waals surface area contributed by atoms with E-state index in [1.54, 1.807) is 0 Å². The molecule has 0 atom stereocenters. The van der Waals surface area contributed by atoms with Crippen LogP contribution >= 0.6 is 0 Å². The smallest absolute Gasteiger partial charge is 0.0526 e. The van der Waals surface area contributed by atoms with Gasteiger partial charge in [0.25, 0.3) is 0 Å². The summed E-state index contributed by atoms with van der Waals surface area (Å²) in [6.07, 6.45) is 2.82. The lowest BCUT2D eigenvalue weighted by Crippen LogP contribution is -2.03. The van der Waals surface area contributed by atoms with Crippen LogP contribution in [0.1, 0.15) is 11.3 Å². The Kier molecular flexibility index (Phi) is 2.62. The number of fused-ring (bicyclic) bond motifs is 2. The SMILES string of the molecule is c1ccc(-c2cc3c4c(cccc4c2)Cc2ncccc2-3)cc1. The number of hydrogen-bond acceptors (Lipinski definition) is 1. The van der Waals surface area contributed by atoms with Crippen LogP contribution in [-0.2, 0) is 6.42 Å². The van der Waals surface area contributed by atoms with Gasteiger partial charge in [0.2, 0.25) is 0 Å². The number of nitrogens with zero attached hydrogens (tertiary/aromatic N) is 1. The third-order valence-corrected chi connectivity index (χ3v) is 4.71. The van der Waals surface area contributed by atoms with Gasteiger partial charge in [0.05, 0.1) is 5.69 Å². The Balaban J connectivity index is 1.89. The van der Waals surface area contributed by atoms with E-state index < -0.39 is 0 Å². The molecule has 23 heavy (non-hydrogen) atoms. The Morgan fingerprint density at radius 3 is 2.52 bits per heavy atom. The summed E-state index contributed by atoms with van der Waals surface area (Å²) in [5.41, 5.74) is 7.66. The second kappa shape index (κ2) is 4.79. The van der Waals surface area contributed by atoms with Crippen molar-refractivity contribution in [3.05, 3.63) is 90.3 Å². The summed E-state index contributed by atoms with van der Waals surface area (Å²) in [6, 6.07) is 26.1. The van der Waals surface area contributed by atoms with E-state index in [9.17, 15) is 0 Å². The molecule has 1 aliphatic carbocycles. The third kappa shape index (κ3) is 1.90. The van der Waals surface area contributed by atoms with Crippen molar-refractivity contribution in [2.75, 3.05) is 0 Å². The Morgan fingerprint density at radius 1 is 0.696 bits per heavy atom. The molecule has 0 bridgehead atoms. The van der Waals surface area contributed by atoms with Crippen molar-refractivity contribution in [3.8, 4) is 22.3 Å². The first kappa shape index (κ1) is 12.6. The van der Waals surface area contributed by atoms with Gasteiger partial charge in [0, 0.05) is 18.2 Å². The molecular weight excluding hydrogens is 278 g/mol. The molecule has 0 amide bonds. The zero-order chi connectivity index (χ0) is 15.2. The third-order valence-electron chi connectivity index (χ3n) is 4.71. The van der Waals surface area contributed by atoms with Crippen LogP contribution in [0, 0.1) is 0 Å². The van der Waals surface area contributed by atoms with Crippen LogP contribution in [0.5, 0.6) is 0 Å². The summed E-state index contributed by atoms with van der Waals surface area (Å²) in [5, 5.41) is 2.70. The molecule has 1 heterocycles. The van der Waals surface area contributed by atoms with Gasteiger partial charge in [-0.05, 0) is 51.2 Å². The van der Waals surface area contributed by atoms with E-state index in [2.05, 4.69) is 71.7 Å². The maximum absolute atomic E-state index is 4.61. The van der Waals surface area contributed by atoms with Crippen molar-refractivity contribution in [3.63, 3.8) is 0 Å². The van der Waals surface area contributed by atoms with Gasteiger partial charge in [0.15, 0.2) is 0 Å². The van der Waals surface area contributed by atoms with Crippen molar-refractivity contribution < 1.29 is 0 Å². The number of rotatable bonds is 1. The van der Waals surface area contributed by atoms with E-state index in [0.717, 1.165) is 6.42 Å². The molecular formula is C22H15N. The molecule has 0 radical (unpaired) electrons. The van der Waals surface area contributed by atoms with E-state index in [0.29, 0.717) is 0 Å². The normalized spacial score (nSPS) is 12.2. The van der Waals surface area contributed by atoms with Crippen LogP contribution in [0.15, 0.2) is 79.0 Å². The van der Waals surface area contributed by atoms with Crippen molar-refractivity contribution in [1.29, 1.82) is 0 Å². The molecule has 4 aromatic rings. The highest BCUT2D eigenvalue weighted by Gasteiger charge is 2.19. The topological polar surface area (TPSA) is 12.9 Å². The first-order valence-corrected chi connectivity index (χ1v) is 7.95. The molecule has 0 fully saturated rings. The molecule has 0 saturated heterocycles. The molecule has 1 heteroatoms. The number of hydrogen-bond donors (Lipinski definition) is 0. The van der Waals surface area contributed by atoms with Crippen molar-refractivity contribution in [2.24, 2.45) is 0 Å². The number of pyridine rings is 1. The molecule has 1 aromatic heterocycles. The first-order valence-electron chi connectivity index (χ1n) is 7.95. The van der Waals surface area contributed by atoms with Gasteiger partial charge in [-0.2, -0.15) is 0 Å². The lowest BCUT2D eigenvalue weighted by atomic mass is 9.84. The van der Waals surface area contributed by atoms with E-state index >= 15 is 0 Å². The van der Waals surface area contributed by atoms with Gasteiger partial charge in [0.1, 0.15) is 0 Å².